The lowest BCUT2D eigenvalue weighted by Crippen LogP contribution is -2.28. The Labute approximate surface area is 210 Å². The zero-order valence-corrected chi connectivity index (χ0v) is 19.8. The highest BCUT2D eigenvalue weighted by Crippen LogP contribution is 2.30. The van der Waals surface area contributed by atoms with Gasteiger partial charge in [0.15, 0.2) is 5.69 Å². The molecule has 5 aromatic rings. The molecule has 0 amide bonds. The number of halogens is 1. The summed E-state index contributed by atoms with van der Waals surface area (Å²) < 4.78 is 0.901. The number of aromatic nitrogens is 2. The van der Waals surface area contributed by atoms with Crippen molar-refractivity contribution in [2.75, 3.05) is 0 Å². The van der Waals surface area contributed by atoms with Crippen molar-refractivity contribution in [2.24, 2.45) is 0 Å². The Balaban J connectivity index is 1.76. The van der Waals surface area contributed by atoms with Crippen LogP contribution in [-0.2, 0) is 0 Å². The van der Waals surface area contributed by atoms with Gasteiger partial charge >= 0.3 is 5.97 Å². The molecule has 0 aliphatic heterocycles. The summed E-state index contributed by atoms with van der Waals surface area (Å²) in [6, 6.07) is 24.5. The van der Waals surface area contributed by atoms with Gasteiger partial charge in [-0.25, -0.2) is 4.79 Å². The third-order valence-electron chi connectivity index (χ3n) is 6.07. The second-order valence-electron chi connectivity index (χ2n) is 8.27. The molecule has 0 saturated carbocycles. The molecular weight excluding hydrogens is 474 g/mol. The molecule has 1 aromatic heterocycles. The first-order chi connectivity index (χ1) is 17.4. The number of aryl methyl sites for hydroxylation is 1. The van der Waals surface area contributed by atoms with Crippen LogP contribution < -0.4 is 5.56 Å². The number of rotatable bonds is 4. The third-order valence-corrected chi connectivity index (χ3v) is 6.48. The van der Waals surface area contributed by atoms with E-state index in [4.69, 9.17) is 11.6 Å². The van der Waals surface area contributed by atoms with E-state index in [9.17, 15) is 20.0 Å². The summed E-state index contributed by atoms with van der Waals surface area (Å²) in [4.78, 5) is 25.4. The van der Waals surface area contributed by atoms with Crippen LogP contribution in [0.1, 0.15) is 32.7 Å². The fourth-order valence-corrected chi connectivity index (χ4v) is 4.43. The minimum absolute atomic E-state index is 0.0542. The molecule has 36 heavy (non-hydrogen) atoms. The van der Waals surface area contributed by atoms with Gasteiger partial charge < -0.3 is 5.11 Å². The van der Waals surface area contributed by atoms with Crippen molar-refractivity contribution in [1.82, 2.24) is 9.78 Å². The summed E-state index contributed by atoms with van der Waals surface area (Å²) in [7, 11) is 0. The van der Waals surface area contributed by atoms with E-state index in [1.165, 1.54) is 12.1 Å². The zero-order valence-electron chi connectivity index (χ0n) is 19.1. The zero-order chi connectivity index (χ0) is 25.4. The molecule has 0 unspecified atom stereocenters. The van der Waals surface area contributed by atoms with Crippen molar-refractivity contribution in [3.05, 3.63) is 116 Å². The molecule has 0 fully saturated rings. The minimum atomic E-state index is -1.36. The van der Waals surface area contributed by atoms with Crippen LogP contribution >= 0.6 is 11.6 Å². The smallest absolute Gasteiger partial charge is 0.357 e. The van der Waals surface area contributed by atoms with Crippen LogP contribution in [0.5, 0.6) is 0 Å². The maximum Gasteiger partial charge on any atom is 0.357 e. The molecule has 0 saturated heterocycles. The average Bonchev–Trinajstić information content (AvgIpc) is 2.88. The van der Waals surface area contributed by atoms with Crippen molar-refractivity contribution in [3.8, 4) is 11.8 Å². The summed E-state index contributed by atoms with van der Waals surface area (Å²) in [6.45, 7) is 1.80. The number of nitrogens with zero attached hydrogens (tertiary/aromatic N) is 3. The van der Waals surface area contributed by atoms with Gasteiger partial charge in [0.2, 0.25) is 0 Å². The van der Waals surface area contributed by atoms with Crippen LogP contribution in [0, 0.1) is 18.3 Å². The Hall–Kier alpha value is -4.73. The number of carboxylic acids is 1. The largest absolute Gasteiger partial charge is 0.476 e. The number of hydrogen-bond donors (Lipinski definition) is 1. The average molecular weight is 492 g/mol. The van der Waals surface area contributed by atoms with E-state index in [0.29, 0.717) is 5.02 Å². The van der Waals surface area contributed by atoms with Crippen molar-refractivity contribution in [3.63, 3.8) is 0 Å². The first kappa shape index (κ1) is 23.0. The van der Waals surface area contributed by atoms with Crippen LogP contribution in [0.2, 0.25) is 5.02 Å². The van der Waals surface area contributed by atoms with E-state index in [1.807, 2.05) is 54.6 Å². The third kappa shape index (κ3) is 3.92. The number of hydrogen-bond acceptors (Lipinski definition) is 4. The maximum absolute atomic E-state index is 13.2. The Morgan fingerprint density at radius 2 is 1.58 bits per heavy atom. The van der Waals surface area contributed by atoms with Crippen molar-refractivity contribution >= 4 is 51.3 Å². The fourth-order valence-electron chi connectivity index (χ4n) is 4.25. The quantitative estimate of drug-likeness (QED) is 0.300. The summed E-state index contributed by atoms with van der Waals surface area (Å²) in [5, 5.41) is 28.2. The fraction of sp³-hybridized carbons (Fsp3) is 0.0345. The van der Waals surface area contributed by atoms with E-state index in [1.54, 1.807) is 25.1 Å². The molecule has 6 nitrogen and oxygen atoms in total. The molecule has 4 aromatic carbocycles. The van der Waals surface area contributed by atoms with Crippen LogP contribution in [0.25, 0.3) is 39.4 Å². The van der Waals surface area contributed by atoms with Gasteiger partial charge in [0.25, 0.3) is 5.56 Å². The van der Waals surface area contributed by atoms with Gasteiger partial charge in [-0.05, 0) is 57.8 Å². The van der Waals surface area contributed by atoms with E-state index in [-0.39, 0.29) is 16.8 Å². The molecule has 0 spiro atoms. The lowest BCUT2D eigenvalue weighted by Gasteiger charge is -2.11. The number of benzene rings is 4. The van der Waals surface area contributed by atoms with E-state index >= 15 is 0 Å². The molecule has 174 valence electrons. The topological polar surface area (TPSA) is 96.0 Å². The Bertz CT molecular complexity index is 1780. The minimum Gasteiger partial charge on any atom is -0.476 e. The summed E-state index contributed by atoms with van der Waals surface area (Å²) in [5.41, 5.74) is 0.382. The van der Waals surface area contributed by atoms with Gasteiger partial charge in [0.05, 0.1) is 5.69 Å². The monoisotopic (exact) mass is 491 g/mol. The van der Waals surface area contributed by atoms with Gasteiger partial charge in [-0.2, -0.15) is 15.0 Å². The van der Waals surface area contributed by atoms with Crippen LogP contribution in [-0.4, -0.2) is 20.9 Å². The van der Waals surface area contributed by atoms with Gasteiger partial charge in [-0.1, -0.05) is 78.4 Å². The molecular formula is C29H18ClN3O3. The summed E-state index contributed by atoms with van der Waals surface area (Å²) >= 11 is 6.20. The maximum atomic E-state index is 13.2. The molecule has 0 bridgehead atoms. The molecule has 0 atom stereocenters. The first-order valence-corrected chi connectivity index (χ1v) is 11.4. The molecule has 5 rings (SSSR count). The molecule has 7 heteroatoms. The number of carboxylic acid groups (broad SMARTS) is 1. The Morgan fingerprint density at radius 1 is 0.972 bits per heavy atom. The standard InChI is InChI=1S/C29H18ClN3O3/c1-17-10-11-20(15-26(17)30)33-28(34)25(16-31)24(27(32-33)29(35)36)13-12-23-21-8-4-2-6-18(21)14-19-7-3-5-9-22(19)23/h2-15H,1H3,(H,35,36)/b13-12-. The number of aromatic carboxylic acids is 1. The number of nitriles is 1. The van der Waals surface area contributed by atoms with E-state index in [2.05, 4.69) is 11.2 Å². The number of carbonyl (C=O) groups is 1. The van der Waals surface area contributed by atoms with Crippen LogP contribution in [0.4, 0.5) is 0 Å². The lowest BCUT2D eigenvalue weighted by atomic mass is 9.95. The SMILES string of the molecule is Cc1ccc(-n2nc(C(=O)O)c(/C=C\c3c4ccccc4cc4ccccc34)c(C#N)c2=O)cc1Cl. The highest BCUT2D eigenvalue weighted by Gasteiger charge is 2.21. The molecule has 1 N–H and O–H groups in total. The van der Waals surface area contributed by atoms with Crippen molar-refractivity contribution in [2.45, 2.75) is 6.92 Å². The Morgan fingerprint density at radius 3 is 2.17 bits per heavy atom. The molecule has 1 heterocycles. The molecule has 0 aliphatic carbocycles. The molecule has 0 aliphatic rings. The van der Waals surface area contributed by atoms with E-state index in [0.717, 1.165) is 37.4 Å². The lowest BCUT2D eigenvalue weighted by molar-refractivity contribution is 0.0688. The second kappa shape index (κ2) is 9.14. The predicted octanol–water partition coefficient (Wildman–Crippen LogP) is 6.24. The van der Waals surface area contributed by atoms with Gasteiger partial charge in [-0.3, -0.25) is 4.79 Å². The van der Waals surface area contributed by atoms with Crippen LogP contribution in [0.15, 0.2) is 77.6 Å². The van der Waals surface area contributed by atoms with Gasteiger partial charge in [-0.15, -0.1) is 0 Å². The van der Waals surface area contributed by atoms with E-state index < -0.39 is 17.2 Å². The second-order valence-corrected chi connectivity index (χ2v) is 8.68. The van der Waals surface area contributed by atoms with Gasteiger partial charge in [0.1, 0.15) is 11.6 Å². The van der Waals surface area contributed by atoms with Gasteiger partial charge in [0, 0.05) is 10.6 Å². The normalized spacial score (nSPS) is 11.2. The number of fused-ring (bicyclic) bond motifs is 2. The predicted molar refractivity (Wildman–Crippen MR) is 142 cm³/mol. The summed E-state index contributed by atoms with van der Waals surface area (Å²) in [6.07, 6.45) is 3.22. The first-order valence-electron chi connectivity index (χ1n) is 11.0. The molecule has 0 radical (unpaired) electrons. The van der Waals surface area contributed by atoms with Crippen molar-refractivity contribution in [1.29, 1.82) is 5.26 Å². The van der Waals surface area contributed by atoms with Crippen LogP contribution in [0.3, 0.4) is 0 Å². The van der Waals surface area contributed by atoms with Crippen molar-refractivity contribution < 1.29 is 9.90 Å². The Kier molecular flexibility index (Phi) is 5.85. The summed E-state index contributed by atoms with van der Waals surface area (Å²) in [5.74, 6) is -1.36. The highest BCUT2D eigenvalue weighted by atomic mass is 35.5. The highest BCUT2D eigenvalue weighted by molar-refractivity contribution is 6.31.